The monoisotopic (exact) mass is 356 g/mol. The first-order valence-electron chi connectivity index (χ1n) is 6.15. The van der Waals surface area contributed by atoms with Gasteiger partial charge < -0.3 is 4.74 Å². The van der Waals surface area contributed by atoms with Crippen LogP contribution in [0, 0.1) is 0 Å². The molecule has 1 aromatic carbocycles. The highest BCUT2D eigenvalue weighted by molar-refractivity contribution is 9.10. The number of benzene rings is 1. The summed E-state index contributed by atoms with van der Waals surface area (Å²) >= 11 is 9.49. The van der Waals surface area contributed by atoms with Gasteiger partial charge in [0, 0.05) is 7.05 Å². The second-order valence-electron chi connectivity index (χ2n) is 4.24. The molecule has 20 heavy (non-hydrogen) atoms. The van der Waals surface area contributed by atoms with E-state index in [1.54, 1.807) is 22.9 Å². The van der Waals surface area contributed by atoms with Gasteiger partial charge in [0.1, 0.15) is 12.4 Å². The van der Waals surface area contributed by atoms with Gasteiger partial charge in [0.2, 0.25) is 0 Å². The third-order valence-electron chi connectivity index (χ3n) is 3.00. The number of ether oxygens (including phenoxy) is 1. The topological polar surface area (TPSA) is 44.1 Å². The summed E-state index contributed by atoms with van der Waals surface area (Å²) in [6.07, 6.45) is 1.54. The fourth-order valence-corrected chi connectivity index (χ4v) is 2.82. The third-order valence-corrected chi connectivity index (χ3v) is 4.24. The summed E-state index contributed by atoms with van der Waals surface area (Å²) in [5.74, 6) is 0.471. The van der Waals surface area contributed by atoms with Crippen LogP contribution < -0.4 is 4.74 Å². The van der Waals surface area contributed by atoms with E-state index in [0.717, 1.165) is 22.3 Å². The first-order valence-corrected chi connectivity index (χ1v) is 7.32. The van der Waals surface area contributed by atoms with Crippen LogP contribution in [0.15, 0.2) is 22.7 Å². The molecule has 0 atom stereocenters. The molecular weight excluding hydrogens is 344 g/mol. The first-order chi connectivity index (χ1) is 9.58. The number of carbonyl (C=O) groups excluding carboxylic acids is 1. The van der Waals surface area contributed by atoms with Crippen LogP contribution in [0.3, 0.4) is 0 Å². The van der Waals surface area contributed by atoms with E-state index in [4.69, 9.17) is 16.3 Å². The van der Waals surface area contributed by atoms with Crippen molar-refractivity contribution >= 4 is 33.8 Å². The Labute approximate surface area is 130 Å². The Hall–Kier alpha value is -1.33. The second-order valence-corrected chi connectivity index (χ2v) is 5.44. The van der Waals surface area contributed by atoms with E-state index in [9.17, 15) is 4.79 Å². The van der Waals surface area contributed by atoms with E-state index in [1.807, 2.05) is 14.0 Å². The van der Waals surface area contributed by atoms with E-state index in [-0.39, 0.29) is 0 Å². The van der Waals surface area contributed by atoms with Crippen molar-refractivity contribution in [3.05, 3.63) is 44.6 Å². The van der Waals surface area contributed by atoms with Gasteiger partial charge in [0.05, 0.1) is 26.4 Å². The zero-order chi connectivity index (χ0) is 14.7. The molecule has 0 aliphatic rings. The molecule has 0 fully saturated rings. The van der Waals surface area contributed by atoms with E-state index in [1.165, 1.54) is 0 Å². The molecule has 2 aromatic rings. The fraction of sp³-hybridized carbons (Fsp3) is 0.286. The van der Waals surface area contributed by atoms with Gasteiger partial charge in [-0.1, -0.05) is 24.6 Å². The van der Waals surface area contributed by atoms with Gasteiger partial charge in [-0.25, -0.2) is 0 Å². The van der Waals surface area contributed by atoms with E-state index in [2.05, 4.69) is 21.0 Å². The number of aromatic nitrogens is 2. The summed E-state index contributed by atoms with van der Waals surface area (Å²) in [4.78, 5) is 11.1. The van der Waals surface area contributed by atoms with Crippen molar-refractivity contribution in [2.75, 3.05) is 0 Å². The molecule has 0 bridgehead atoms. The average molecular weight is 358 g/mol. The summed E-state index contributed by atoms with van der Waals surface area (Å²) < 4.78 is 8.42. The Balaban J connectivity index is 2.23. The Morgan fingerprint density at radius 1 is 1.50 bits per heavy atom. The highest BCUT2D eigenvalue weighted by atomic mass is 79.9. The molecule has 0 amide bonds. The predicted octanol–water partition coefficient (Wildman–Crippen LogP) is 3.79. The lowest BCUT2D eigenvalue weighted by molar-refractivity contribution is 0.111. The van der Waals surface area contributed by atoms with E-state index < -0.39 is 0 Å². The van der Waals surface area contributed by atoms with Crippen molar-refractivity contribution in [3.8, 4) is 5.75 Å². The SMILES string of the molecule is CCc1nn(C)c(COc2cccc(Cl)c2C=O)c1Br. The predicted molar refractivity (Wildman–Crippen MR) is 81.5 cm³/mol. The minimum Gasteiger partial charge on any atom is -0.486 e. The number of rotatable bonds is 5. The number of carbonyl (C=O) groups is 1. The molecule has 0 spiro atoms. The zero-order valence-electron chi connectivity index (χ0n) is 11.2. The zero-order valence-corrected chi connectivity index (χ0v) is 13.5. The van der Waals surface area contributed by atoms with Crippen LogP contribution in [0.2, 0.25) is 5.02 Å². The molecule has 106 valence electrons. The van der Waals surface area contributed by atoms with Crippen molar-refractivity contribution in [3.63, 3.8) is 0 Å². The normalized spacial score (nSPS) is 10.6. The van der Waals surface area contributed by atoms with Crippen molar-refractivity contribution in [2.45, 2.75) is 20.0 Å². The maximum absolute atomic E-state index is 11.1. The van der Waals surface area contributed by atoms with Gasteiger partial charge in [-0.3, -0.25) is 9.48 Å². The number of nitrogens with zero attached hydrogens (tertiary/aromatic N) is 2. The van der Waals surface area contributed by atoms with E-state index >= 15 is 0 Å². The average Bonchev–Trinajstić information content (AvgIpc) is 2.71. The number of halogens is 2. The molecule has 0 unspecified atom stereocenters. The lowest BCUT2D eigenvalue weighted by atomic mass is 10.2. The summed E-state index contributed by atoms with van der Waals surface area (Å²) in [5.41, 5.74) is 2.26. The Morgan fingerprint density at radius 2 is 2.25 bits per heavy atom. The first kappa shape index (κ1) is 15.1. The third kappa shape index (κ3) is 2.88. The molecule has 1 aromatic heterocycles. The molecule has 0 saturated carbocycles. The van der Waals surface area contributed by atoms with Crippen molar-refractivity contribution in [1.82, 2.24) is 9.78 Å². The minimum atomic E-state index is 0.311. The molecule has 4 nitrogen and oxygen atoms in total. The highest BCUT2D eigenvalue weighted by Crippen LogP contribution is 2.27. The standard InChI is InChI=1S/C14H14BrClN2O2/c1-3-11-14(15)12(18(2)17-11)8-20-13-6-4-5-10(16)9(13)7-19/h4-7H,3,8H2,1-2H3. The largest absolute Gasteiger partial charge is 0.486 e. The number of aryl methyl sites for hydroxylation is 2. The lowest BCUT2D eigenvalue weighted by Crippen LogP contribution is -2.05. The maximum Gasteiger partial charge on any atom is 0.155 e. The van der Waals surface area contributed by atoms with Gasteiger partial charge in [-0.15, -0.1) is 0 Å². The summed E-state index contributed by atoms with van der Waals surface area (Å²) in [6.45, 7) is 2.35. The van der Waals surface area contributed by atoms with Crippen LogP contribution in [-0.4, -0.2) is 16.1 Å². The molecular formula is C14H14BrClN2O2. The van der Waals surface area contributed by atoms with Crippen LogP contribution in [0.25, 0.3) is 0 Å². The molecule has 0 aliphatic carbocycles. The molecule has 2 rings (SSSR count). The van der Waals surface area contributed by atoms with Crippen molar-refractivity contribution < 1.29 is 9.53 Å². The quantitative estimate of drug-likeness (QED) is 0.765. The molecule has 1 heterocycles. The van der Waals surface area contributed by atoms with Crippen LogP contribution in [0.1, 0.15) is 28.7 Å². The molecule has 0 saturated heterocycles. The van der Waals surface area contributed by atoms with Crippen molar-refractivity contribution in [2.24, 2.45) is 7.05 Å². The fourth-order valence-electron chi connectivity index (χ4n) is 1.88. The van der Waals surface area contributed by atoms with Crippen LogP contribution >= 0.6 is 27.5 Å². The molecule has 0 N–H and O–H groups in total. The Bertz CT molecular complexity index is 640. The lowest BCUT2D eigenvalue weighted by Gasteiger charge is -2.10. The van der Waals surface area contributed by atoms with Crippen LogP contribution in [-0.2, 0) is 20.1 Å². The summed E-state index contributed by atoms with van der Waals surface area (Å²) in [7, 11) is 1.86. The maximum atomic E-state index is 11.1. The van der Waals surface area contributed by atoms with Crippen LogP contribution in [0.4, 0.5) is 0 Å². The van der Waals surface area contributed by atoms with Gasteiger partial charge >= 0.3 is 0 Å². The van der Waals surface area contributed by atoms with Gasteiger partial charge in [0.25, 0.3) is 0 Å². The van der Waals surface area contributed by atoms with Crippen molar-refractivity contribution in [1.29, 1.82) is 0 Å². The molecule has 0 radical (unpaired) electrons. The summed E-state index contributed by atoms with van der Waals surface area (Å²) in [6, 6.07) is 5.13. The highest BCUT2D eigenvalue weighted by Gasteiger charge is 2.14. The molecule has 0 aliphatic heterocycles. The Kier molecular flexibility index (Phi) is 4.83. The van der Waals surface area contributed by atoms with E-state index in [0.29, 0.717) is 29.2 Å². The number of hydrogen-bond donors (Lipinski definition) is 0. The summed E-state index contributed by atoms with van der Waals surface area (Å²) in [5, 5.41) is 4.78. The van der Waals surface area contributed by atoms with Gasteiger partial charge in [-0.05, 0) is 34.5 Å². The number of hydrogen-bond acceptors (Lipinski definition) is 3. The Morgan fingerprint density at radius 3 is 2.85 bits per heavy atom. The smallest absolute Gasteiger partial charge is 0.155 e. The number of aldehydes is 1. The van der Waals surface area contributed by atoms with Crippen LogP contribution in [0.5, 0.6) is 5.75 Å². The minimum absolute atomic E-state index is 0.311. The second kappa shape index (κ2) is 6.41. The molecule has 6 heteroatoms. The van der Waals surface area contributed by atoms with Gasteiger partial charge in [-0.2, -0.15) is 5.10 Å². The van der Waals surface area contributed by atoms with Gasteiger partial charge in [0.15, 0.2) is 6.29 Å².